The summed E-state index contributed by atoms with van der Waals surface area (Å²) < 4.78 is 0. The summed E-state index contributed by atoms with van der Waals surface area (Å²) in [6, 6.07) is 4.74. The van der Waals surface area contributed by atoms with Crippen LogP contribution in [0.15, 0.2) is 17.5 Å². The SMILES string of the molecule is CC1(C)CN(C(CN)c2cccs2)C1. The van der Waals surface area contributed by atoms with E-state index in [0.717, 1.165) is 6.54 Å². The summed E-state index contributed by atoms with van der Waals surface area (Å²) in [6.07, 6.45) is 0. The quantitative estimate of drug-likeness (QED) is 0.827. The molecule has 2 heterocycles. The van der Waals surface area contributed by atoms with Gasteiger partial charge in [-0.2, -0.15) is 0 Å². The third-order valence-electron chi connectivity index (χ3n) is 2.80. The summed E-state index contributed by atoms with van der Waals surface area (Å²) in [5.74, 6) is 0. The van der Waals surface area contributed by atoms with Gasteiger partial charge in [-0.05, 0) is 16.9 Å². The topological polar surface area (TPSA) is 29.3 Å². The second-order valence-corrected chi connectivity index (χ2v) is 5.82. The maximum Gasteiger partial charge on any atom is 0.0564 e. The van der Waals surface area contributed by atoms with Crippen LogP contribution in [0.4, 0.5) is 0 Å². The van der Waals surface area contributed by atoms with Crippen molar-refractivity contribution in [3.8, 4) is 0 Å². The Kier molecular flexibility index (Phi) is 2.64. The first kappa shape index (κ1) is 10.1. The molecule has 2 rings (SSSR count). The van der Waals surface area contributed by atoms with Crippen LogP contribution in [0.2, 0.25) is 0 Å². The highest BCUT2D eigenvalue weighted by molar-refractivity contribution is 7.10. The van der Waals surface area contributed by atoms with Crippen molar-refractivity contribution in [2.45, 2.75) is 19.9 Å². The van der Waals surface area contributed by atoms with E-state index >= 15 is 0 Å². The summed E-state index contributed by atoms with van der Waals surface area (Å²) in [5, 5.41) is 2.13. The average molecular weight is 210 g/mol. The Morgan fingerprint density at radius 2 is 2.29 bits per heavy atom. The molecule has 1 aliphatic rings. The smallest absolute Gasteiger partial charge is 0.0564 e. The number of nitrogens with zero attached hydrogens (tertiary/aromatic N) is 1. The molecule has 0 bridgehead atoms. The van der Waals surface area contributed by atoms with Gasteiger partial charge in [0.15, 0.2) is 0 Å². The molecule has 1 aromatic heterocycles. The predicted octanol–water partition coefficient (Wildman–Crippen LogP) is 2.09. The van der Waals surface area contributed by atoms with Gasteiger partial charge in [0.1, 0.15) is 0 Å². The first-order valence-electron chi connectivity index (χ1n) is 5.10. The summed E-state index contributed by atoms with van der Waals surface area (Å²) in [7, 11) is 0. The second-order valence-electron chi connectivity index (χ2n) is 4.84. The molecule has 2 N–H and O–H groups in total. The standard InChI is InChI=1S/C11H18N2S/c1-11(2)7-13(8-11)9(6-12)10-4-3-5-14-10/h3-5,9H,6-8,12H2,1-2H3. The average Bonchev–Trinajstić information content (AvgIpc) is 2.55. The third kappa shape index (κ3) is 1.85. The lowest BCUT2D eigenvalue weighted by atomic mass is 9.83. The lowest BCUT2D eigenvalue weighted by Crippen LogP contribution is -2.55. The second kappa shape index (κ2) is 3.65. The van der Waals surface area contributed by atoms with E-state index in [1.54, 1.807) is 0 Å². The van der Waals surface area contributed by atoms with Gasteiger partial charge in [-0.25, -0.2) is 0 Å². The van der Waals surface area contributed by atoms with E-state index in [0.29, 0.717) is 11.5 Å². The van der Waals surface area contributed by atoms with Crippen LogP contribution in [0.5, 0.6) is 0 Å². The van der Waals surface area contributed by atoms with E-state index in [2.05, 4.69) is 36.3 Å². The highest BCUT2D eigenvalue weighted by atomic mass is 32.1. The number of thiophene rings is 1. The minimum atomic E-state index is 0.447. The van der Waals surface area contributed by atoms with Crippen LogP contribution in [0.1, 0.15) is 24.8 Å². The van der Waals surface area contributed by atoms with E-state index in [1.165, 1.54) is 18.0 Å². The van der Waals surface area contributed by atoms with Gasteiger partial charge < -0.3 is 5.73 Å². The molecule has 0 radical (unpaired) electrons. The van der Waals surface area contributed by atoms with Crippen LogP contribution in [-0.4, -0.2) is 24.5 Å². The monoisotopic (exact) mass is 210 g/mol. The molecule has 2 nitrogen and oxygen atoms in total. The molecule has 1 saturated heterocycles. The molecule has 1 aromatic rings. The van der Waals surface area contributed by atoms with Crippen LogP contribution >= 0.6 is 11.3 Å². The lowest BCUT2D eigenvalue weighted by Gasteiger charge is -2.49. The van der Waals surface area contributed by atoms with Gasteiger partial charge >= 0.3 is 0 Å². The number of hydrogen-bond donors (Lipinski definition) is 1. The summed E-state index contributed by atoms with van der Waals surface area (Å²) in [4.78, 5) is 3.88. The fourth-order valence-electron chi connectivity index (χ4n) is 2.20. The normalized spacial score (nSPS) is 23.1. The van der Waals surface area contributed by atoms with Crippen LogP contribution in [0.25, 0.3) is 0 Å². The molecular weight excluding hydrogens is 192 g/mol. The zero-order valence-corrected chi connectivity index (χ0v) is 9.68. The van der Waals surface area contributed by atoms with Gasteiger partial charge in [-0.3, -0.25) is 4.90 Å². The number of likely N-dealkylation sites (tertiary alicyclic amines) is 1. The van der Waals surface area contributed by atoms with Crippen molar-refractivity contribution in [1.29, 1.82) is 0 Å². The summed E-state index contributed by atoms with van der Waals surface area (Å²) in [6.45, 7) is 7.70. The Balaban J connectivity index is 2.02. The highest BCUT2D eigenvalue weighted by Crippen LogP contribution is 2.36. The third-order valence-corrected chi connectivity index (χ3v) is 3.77. The molecule has 1 aliphatic heterocycles. The van der Waals surface area contributed by atoms with Gasteiger partial charge in [0, 0.05) is 24.5 Å². The van der Waals surface area contributed by atoms with Gasteiger partial charge in [0.05, 0.1) is 6.04 Å². The Morgan fingerprint density at radius 3 is 2.71 bits per heavy atom. The lowest BCUT2D eigenvalue weighted by molar-refractivity contribution is -0.00298. The minimum Gasteiger partial charge on any atom is -0.329 e. The van der Waals surface area contributed by atoms with E-state index in [-0.39, 0.29) is 0 Å². The number of rotatable bonds is 3. The fraction of sp³-hybridized carbons (Fsp3) is 0.636. The van der Waals surface area contributed by atoms with E-state index in [4.69, 9.17) is 5.73 Å². The van der Waals surface area contributed by atoms with Crippen molar-refractivity contribution in [2.24, 2.45) is 11.1 Å². The maximum absolute atomic E-state index is 5.83. The van der Waals surface area contributed by atoms with E-state index in [1.807, 2.05) is 11.3 Å². The predicted molar refractivity (Wildman–Crippen MR) is 61.5 cm³/mol. The Bertz CT molecular complexity index is 284. The molecule has 1 unspecified atom stereocenters. The van der Waals surface area contributed by atoms with Crippen molar-refractivity contribution in [2.75, 3.05) is 19.6 Å². The van der Waals surface area contributed by atoms with Crippen LogP contribution in [0.3, 0.4) is 0 Å². The van der Waals surface area contributed by atoms with Gasteiger partial charge in [-0.15, -0.1) is 11.3 Å². The number of nitrogens with two attached hydrogens (primary N) is 1. The Hall–Kier alpha value is -0.380. The maximum atomic E-state index is 5.83. The fourth-order valence-corrected chi connectivity index (χ4v) is 3.07. The molecule has 0 amide bonds. The Labute approximate surface area is 89.7 Å². The van der Waals surface area contributed by atoms with Crippen molar-refractivity contribution >= 4 is 11.3 Å². The largest absolute Gasteiger partial charge is 0.329 e. The summed E-state index contributed by atoms with van der Waals surface area (Å²) >= 11 is 1.81. The minimum absolute atomic E-state index is 0.447. The molecule has 3 heteroatoms. The van der Waals surface area contributed by atoms with Crippen LogP contribution in [-0.2, 0) is 0 Å². The molecule has 14 heavy (non-hydrogen) atoms. The molecule has 0 aliphatic carbocycles. The molecular formula is C11H18N2S. The zero-order valence-electron chi connectivity index (χ0n) is 8.86. The van der Waals surface area contributed by atoms with Crippen molar-refractivity contribution < 1.29 is 0 Å². The van der Waals surface area contributed by atoms with Crippen LogP contribution in [0, 0.1) is 5.41 Å². The van der Waals surface area contributed by atoms with Gasteiger partial charge in [0.25, 0.3) is 0 Å². The van der Waals surface area contributed by atoms with Crippen molar-refractivity contribution in [3.63, 3.8) is 0 Å². The molecule has 78 valence electrons. The van der Waals surface area contributed by atoms with E-state index in [9.17, 15) is 0 Å². The zero-order chi connectivity index (χ0) is 10.2. The number of hydrogen-bond acceptors (Lipinski definition) is 3. The molecule has 0 spiro atoms. The van der Waals surface area contributed by atoms with Gasteiger partial charge in [0.2, 0.25) is 0 Å². The van der Waals surface area contributed by atoms with E-state index < -0.39 is 0 Å². The molecule has 1 atom stereocenters. The highest BCUT2D eigenvalue weighted by Gasteiger charge is 2.38. The van der Waals surface area contributed by atoms with Crippen molar-refractivity contribution in [3.05, 3.63) is 22.4 Å². The molecule has 0 saturated carbocycles. The molecule has 1 fully saturated rings. The van der Waals surface area contributed by atoms with Crippen molar-refractivity contribution in [1.82, 2.24) is 4.90 Å². The Morgan fingerprint density at radius 1 is 1.57 bits per heavy atom. The van der Waals surface area contributed by atoms with Crippen LogP contribution < -0.4 is 5.73 Å². The summed E-state index contributed by atoms with van der Waals surface area (Å²) in [5.41, 5.74) is 6.32. The van der Waals surface area contributed by atoms with Gasteiger partial charge in [-0.1, -0.05) is 19.9 Å². The first-order chi connectivity index (χ1) is 6.62. The first-order valence-corrected chi connectivity index (χ1v) is 5.98. The molecule has 0 aromatic carbocycles.